The van der Waals surface area contributed by atoms with Crippen LogP contribution in [0.2, 0.25) is 0 Å². The van der Waals surface area contributed by atoms with Crippen molar-refractivity contribution >= 4 is 16.8 Å². The number of hydrogen-bond donors (Lipinski definition) is 0. The maximum absolute atomic E-state index is 12.6. The van der Waals surface area contributed by atoms with Gasteiger partial charge in [0.25, 0.3) is 10.9 Å². The summed E-state index contributed by atoms with van der Waals surface area (Å²) in [7, 11) is 0. The summed E-state index contributed by atoms with van der Waals surface area (Å²) in [4.78, 5) is 10.1. The predicted octanol–water partition coefficient (Wildman–Crippen LogP) is 1.84. The second-order valence-electron chi connectivity index (χ2n) is 2.37. The Hall–Kier alpha value is -0.320. The molecular weight excluding hydrogens is 187 g/mol. The first-order valence-electron chi connectivity index (χ1n) is 2.73. The minimum Gasteiger partial charge on any atom is -0.277 e. The number of alkyl halides is 4. The van der Waals surface area contributed by atoms with Crippen molar-refractivity contribution in [3.63, 3.8) is 0 Å². The Bertz CT molecular complexity index is 207. The molecule has 64 valence electrons. The van der Waals surface area contributed by atoms with Gasteiger partial charge in [0, 0.05) is 6.42 Å². The minimum atomic E-state index is -4.26. The molecule has 0 aromatic heterocycles. The molecule has 1 aliphatic carbocycles. The summed E-state index contributed by atoms with van der Waals surface area (Å²) in [5.74, 6) is -4.26. The molecule has 0 heterocycles. The molecule has 2 unspecified atom stereocenters. The van der Waals surface area contributed by atoms with Crippen molar-refractivity contribution < 1.29 is 22.4 Å². The van der Waals surface area contributed by atoms with Gasteiger partial charge in [-0.15, -0.1) is 0 Å². The lowest BCUT2D eigenvalue weighted by molar-refractivity contribution is -0.244. The number of halogens is 5. The largest absolute Gasteiger partial charge is 0.320 e. The van der Waals surface area contributed by atoms with E-state index >= 15 is 0 Å². The van der Waals surface area contributed by atoms with Crippen LogP contribution < -0.4 is 0 Å². The van der Waals surface area contributed by atoms with E-state index in [0.717, 1.165) is 0 Å². The molecule has 1 aliphatic rings. The Labute approximate surface area is 64.3 Å². The summed E-state index contributed by atoms with van der Waals surface area (Å²) in [6.45, 7) is 0. The summed E-state index contributed by atoms with van der Waals surface area (Å²) in [6, 6.07) is 0. The topological polar surface area (TPSA) is 17.1 Å². The molecular formula is C5H3ClF4O. The van der Waals surface area contributed by atoms with Gasteiger partial charge in [0.15, 0.2) is 6.17 Å². The van der Waals surface area contributed by atoms with E-state index < -0.39 is 29.4 Å². The lowest BCUT2D eigenvalue weighted by Gasteiger charge is -2.42. The average molecular weight is 191 g/mol. The van der Waals surface area contributed by atoms with Crippen molar-refractivity contribution in [3.05, 3.63) is 0 Å². The van der Waals surface area contributed by atoms with E-state index in [9.17, 15) is 22.4 Å². The SMILES string of the molecule is O=C(Cl)C1(F)CC(F)C1(F)F. The first-order chi connectivity index (χ1) is 4.82. The molecule has 0 spiro atoms. The molecule has 0 amide bonds. The van der Waals surface area contributed by atoms with Crippen LogP contribution in [0.5, 0.6) is 0 Å². The molecule has 1 nitrogen and oxygen atoms in total. The summed E-state index contributed by atoms with van der Waals surface area (Å²) in [5.41, 5.74) is -3.49. The highest BCUT2D eigenvalue weighted by Gasteiger charge is 2.74. The second kappa shape index (κ2) is 2.09. The molecule has 1 rings (SSSR count). The van der Waals surface area contributed by atoms with Crippen molar-refractivity contribution in [2.75, 3.05) is 0 Å². The van der Waals surface area contributed by atoms with Gasteiger partial charge >= 0.3 is 5.92 Å². The van der Waals surface area contributed by atoms with Crippen LogP contribution in [-0.2, 0) is 4.79 Å². The fraction of sp³-hybridized carbons (Fsp3) is 0.800. The van der Waals surface area contributed by atoms with E-state index in [1.54, 1.807) is 0 Å². The van der Waals surface area contributed by atoms with Gasteiger partial charge in [0.1, 0.15) is 0 Å². The monoisotopic (exact) mass is 190 g/mol. The molecule has 0 aliphatic heterocycles. The van der Waals surface area contributed by atoms with E-state index in [0.29, 0.717) is 0 Å². The van der Waals surface area contributed by atoms with Gasteiger partial charge in [-0.3, -0.25) is 4.79 Å². The molecule has 1 fully saturated rings. The third-order valence-electron chi connectivity index (χ3n) is 1.69. The average Bonchev–Trinajstić information content (AvgIpc) is 1.87. The van der Waals surface area contributed by atoms with Crippen LogP contribution >= 0.6 is 11.6 Å². The van der Waals surface area contributed by atoms with Crippen molar-refractivity contribution in [2.45, 2.75) is 24.2 Å². The molecule has 0 aromatic rings. The molecule has 0 N–H and O–H groups in total. The van der Waals surface area contributed by atoms with Crippen LogP contribution in [0.25, 0.3) is 0 Å². The van der Waals surface area contributed by atoms with Crippen molar-refractivity contribution in [1.82, 2.24) is 0 Å². The molecule has 2 atom stereocenters. The summed E-state index contributed by atoms with van der Waals surface area (Å²) >= 11 is 4.51. The fourth-order valence-corrected chi connectivity index (χ4v) is 1.04. The zero-order valence-electron chi connectivity index (χ0n) is 5.08. The fourth-order valence-electron chi connectivity index (χ4n) is 0.840. The first-order valence-corrected chi connectivity index (χ1v) is 3.11. The Morgan fingerprint density at radius 2 is 1.91 bits per heavy atom. The van der Waals surface area contributed by atoms with Gasteiger partial charge in [-0.05, 0) is 11.6 Å². The van der Waals surface area contributed by atoms with Crippen LogP contribution in [0.4, 0.5) is 17.6 Å². The van der Waals surface area contributed by atoms with Crippen molar-refractivity contribution in [1.29, 1.82) is 0 Å². The van der Waals surface area contributed by atoms with E-state index in [1.165, 1.54) is 0 Å². The highest BCUT2D eigenvalue weighted by Crippen LogP contribution is 2.52. The van der Waals surface area contributed by atoms with Crippen molar-refractivity contribution in [2.24, 2.45) is 0 Å². The van der Waals surface area contributed by atoms with Crippen LogP contribution in [-0.4, -0.2) is 23.0 Å². The van der Waals surface area contributed by atoms with E-state index in [-0.39, 0.29) is 0 Å². The van der Waals surface area contributed by atoms with Gasteiger partial charge in [-0.2, -0.15) is 8.78 Å². The smallest absolute Gasteiger partial charge is 0.277 e. The van der Waals surface area contributed by atoms with E-state index in [4.69, 9.17) is 0 Å². The number of hydrogen-bond acceptors (Lipinski definition) is 1. The van der Waals surface area contributed by atoms with E-state index in [1.807, 2.05) is 0 Å². The second-order valence-corrected chi connectivity index (χ2v) is 2.71. The van der Waals surface area contributed by atoms with Crippen molar-refractivity contribution in [3.8, 4) is 0 Å². The number of rotatable bonds is 1. The Balaban J connectivity index is 2.87. The molecule has 0 saturated heterocycles. The summed E-state index contributed by atoms with van der Waals surface area (Å²) < 4.78 is 48.9. The standard InChI is InChI=1S/C5H3ClF4O/c6-3(11)4(8)1-2(7)5(4,9)10/h2H,1H2. The van der Waals surface area contributed by atoms with Gasteiger partial charge in [0.2, 0.25) is 0 Å². The van der Waals surface area contributed by atoms with Gasteiger partial charge < -0.3 is 0 Å². The molecule has 0 bridgehead atoms. The maximum Gasteiger partial charge on any atom is 0.320 e. The quantitative estimate of drug-likeness (QED) is 0.456. The van der Waals surface area contributed by atoms with E-state index in [2.05, 4.69) is 11.6 Å². The van der Waals surface area contributed by atoms with Gasteiger partial charge in [0.05, 0.1) is 0 Å². The molecule has 6 heteroatoms. The molecule has 1 saturated carbocycles. The summed E-state index contributed by atoms with van der Waals surface area (Å²) in [5, 5.41) is -1.84. The number of carbonyl (C=O) groups is 1. The molecule has 0 aromatic carbocycles. The van der Waals surface area contributed by atoms with Crippen LogP contribution in [0.3, 0.4) is 0 Å². The minimum absolute atomic E-state index is 1.15. The zero-order valence-corrected chi connectivity index (χ0v) is 5.84. The first kappa shape index (κ1) is 8.77. The lowest BCUT2D eigenvalue weighted by Crippen LogP contribution is -2.66. The van der Waals surface area contributed by atoms with Crippen LogP contribution in [0.15, 0.2) is 0 Å². The summed E-state index contributed by atoms with van der Waals surface area (Å²) in [6.07, 6.45) is -3.75. The Morgan fingerprint density at radius 3 is 2.00 bits per heavy atom. The highest BCUT2D eigenvalue weighted by molar-refractivity contribution is 6.65. The van der Waals surface area contributed by atoms with Gasteiger partial charge in [-0.25, -0.2) is 8.78 Å². The number of carbonyl (C=O) groups excluding carboxylic acids is 1. The van der Waals surface area contributed by atoms with Crippen LogP contribution in [0, 0.1) is 0 Å². The molecule has 0 radical (unpaired) electrons. The maximum atomic E-state index is 12.6. The highest BCUT2D eigenvalue weighted by atomic mass is 35.5. The zero-order chi connectivity index (χ0) is 8.86. The normalized spacial score (nSPS) is 41.4. The third-order valence-corrected chi connectivity index (χ3v) is 1.99. The van der Waals surface area contributed by atoms with Gasteiger partial charge in [-0.1, -0.05) is 0 Å². The molecule has 11 heavy (non-hydrogen) atoms. The lowest BCUT2D eigenvalue weighted by atomic mass is 9.77. The Kier molecular flexibility index (Phi) is 1.67. The Morgan fingerprint density at radius 1 is 1.45 bits per heavy atom. The van der Waals surface area contributed by atoms with Crippen LogP contribution in [0.1, 0.15) is 6.42 Å². The predicted molar refractivity (Wildman–Crippen MR) is 29.2 cm³/mol. The third kappa shape index (κ3) is 0.866.